The van der Waals surface area contributed by atoms with Gasteiger partial charge in [0.1, 0.15) is 11.6 Å². The van der Waals surface area contributed by atoms with Gasteiger partial charge in [-0.1, -0.05) is 85.2 Å². The number of nitrogens with one attached hydrogen (secondary N) is 1. The van der Waals surface area contributed by atoms with Crippen molar-refractivity contribution < 1.29 is 15.0 Å². The number of aromatic hydroxyl groups is 1. The number of likely N-dealkylation sites (tertiary alicyclic amines) is 1. The zero-order valence-corrected chi connectivity index (χ0v) is 21.7. The fourth-order valence-electron chi connectivity index (χ4n) is 4.98. The van der Waals surface area contributed by atoms with Crippen LogP contribution in [0.2, 0.25) is 0 Å². The van der Waals surface area contributed by atoms with Crippen LogP contribution in [0.5, 0.6) is 5.75 Å². The van der Waals surface area contributed by atoms with Crippen molar-refractivity contribution in [1.82, 2.24) is 4.90 Å². The number of phenolic OH excluding ortho intramolecular Hbond substituents is 1. The zero-order chi connectivity index (χ0) is 25.5. The molecule has 1 saturated heterocycles. The molecule has 0 spiro atoms. The molecule has 3 rings (SSSR count). The predicted molar refractivity (Wildman–Crippen MR) is 138 cm³/mol. The lowest BCUT2D eigenvalue weighted by atomic mass is 9.78. The van der Waals surface area contributed by atoms with Crippen molar-refractivity contribution in [2.75, 3.05) is 13.1 Å². The summed E-state index contributed by atoms with van der Waals surface area (Å²) in [5.74, 6) is 0.0481. The highest BCUT2D eigenvalue weighted by Crippen LogP contribution is 2.42. The molecule has 1 aliphatic rings. The van der Waals surface area contributed by atoms with E-state index in [1.165, 1.54) is 0 Å². The minimum absolute atomic E-state index is 0.0200. The summed E-state index contributed by atoms with van der Waals surface area (Å²) in [5.41, 5.74) is 0.639. The molecule has 1 aliphatic heterocycles. The van der Waals surface area contributed by atoms with Crippen LogP contribution < -0.4 is 0 Å². The van der Waals surface area contributed by atoms with E-state index < -0.39 is 5.60 Å². The van der Waals surface area contributed by atoms with E-state index in [-0.39, 0.29) is 40.7 Å². The number of Topliss-reactive ketones (excluding diaryl/α,β-unsaturated/α-hetero) is 1. The SMILES string of the molecule is CCCC1CN(CC(=O)c2cc(C(C)(C)C)c(O)c(C(C)(C)C)c2)C(=N)C1(O)c1ccccc1. The van der Waals surface area contributed by atoms with Crippen molar-refractivity contribution in [1.29, 1.82) is 5.41 Å². The van der Waals surface area contributed by atoms with Crippen molar-refractivity contribution >= 4 is 11.6 Å². The van der Waals surface area contributed by atoms with Crippen LogP contribution in [0.25, 0.3) is 0 Å². The summed E-state index contributed by atoms with van der Waals surface area (Å²) in [6.45, 7) is 14.7. The Hall–Kier alpha value is -2.66. The van der Waals surface area contributed by atoms with Gasteiger partial charge in [-0.25, -0.2) is 0 Å². The van der Waals surface area contributed by atoms with Crippen molar-refractivity contribution in [2.24, 2.45) is 5.92 Å². The first-order valence-electron chi connectivity index (χ1n) is 12.2. The first-order valence-corrected chi connectivity index (χ1v) is 12.2. The number of aliphatic hydroxyl groups is 1. The molecule has 34 heavy (non-hydrogen) atoms. The monoisotopic (exact) mass is 464 g/mol. The zero-order valence-electron chi connectivity index (χ0n) is 21.7. The van der Waals surface area contributed by atoms with Crippen molar-refractivity contribution in [3.63, 3.8) is 0 Å². The van der Waals surface area contributed by atoms with E-state index >= 15 is 0 Å². The van der Waals surface area contributed by atoms with Crippen LogP contribution in [0.15, 0.2) is 42.5 Å². The molecule has 2 aromatic rings. The molecule has 2 unspecified atom stereocenters. The summed E-state index contributed by atoms with van der Waals surface area (Å²) in [5, 5.41) is 31.6. The molecule has 0 radical (unpaired) electrons. The number of hydrogen-bond donors (Lipinski definition) is 3. The largest absolute Gasteiger partial charge is 0.507 e. The molecule has 2 aromatic carbocycles. The fourth-order valence-corrected chi connectivity index (χ4v) is 4.98. The summed E-state index contributed by atoms with van der Waals surface area (Å²) >= 11 is 0. The van der Waals surface area contributed by atoms with Gasteiger partial charge in [0.25, 0.3) is 0 Å². The average Bonchev–Trinajstić information content (AvgIpc) is 2.98. The number of amidine groups is 1. The highest BCUT2D eigenvalue weighted by molar-refractivity contribution is 6.02. The second kappa shape index (κ2) is 9.18. The second-order valence-electron chi connectivity index (χ2n) is 11.7. The van der Waals surface area contributed by atoms with E-state index in [4.69, 9.17) is 5.41 Å². The lowest BCUT2D eigenvalue weighted by Gasteiger charge is -2.30. The van der Waals surface area contributed by atoms with Crippen LogP contribution in [0.4, 0.5) is 0 Å². The van der Waals surface area contributed by atoms with Gasteiger partial charge in [0, 0.05) is 29.2 Å². The molecule has 2 atom stereocenters. The molecule has 5 heteroatoms. The molecule has 0 amide bonds. The van der Waals surface area contributed by atoms with E-state index in [1.54, 1.807) is 17.0 Å². The minimum Gasteiger partial charge on any atom is -0.507 e. The average molecular weight is 465 g/mol. The van der Waals surface area contributed by atoms with Gasteiger partial charge in [0.15, 0.2) is 11.4 Å². The Balaban J connectivity index is 1.98. The number of rotatable bonds is 6. The van der Waals surface area contributed by atoms with Gasteiger partial charge in [-0.05, 0) is 34.9 Å². The smallest absolute Gasteiger partial charge is 0.182 e. The van der Waals surface area contributed by atoms with E-state index in [0.29, 0.717) is 17.7 Å². The maximum atomic E-state index is 13.5. The first kappa shape index (κ1) is 26.0. The molecule has 1 heterocycles. The van der Waals surface area contributed by atoms with E-state index in [1.807, 2.05) is 71.9 Å². The van der Waals surface area contributed by atoms with Gasteiger partial charge < -0.3 is 15.1 Å². The normalized spacial score (nSPS) is 21.2. The number of phenols is 1. The Morgan fingerprint density at radius 2 is 1.59 bits per heavy atom. The topological polar surface area (TPSA) is 84.6 Å². The Morgan fingerprint density at radius 3 is 2.06 bits per heavy atom. The van der Waals surface area contributed by atoms with Crippen molar-refractivity contribution in [2.45, 2.75) is 77.7 Å². The maximum Gasteiger partial charge on any atom is 0.182 e. The maximum absolute atomic E-state index is 13.5. The molecular formula is C29H40N2O3. The molecule has 3 N–H and O–H groups in total. The third-order valence-electron chi connectivity index (χ3n) is 6.94. The van der Waals surface area contributed by atoms with Crippen LogP contribution in [0.1, 0.15) is 88.4 Å². The van der Waals surface area contributed by atoms with Crippen molar-refractivity contribution in [3.8, 4) is 5.75 Å². The summed E-state index contributed by atoms with van der Waals surface area (Å²) in [4.78, 5) is 15.2. The highest BCUT2D eigenvalue weighted by Gasteiger charge is 2.51. The van der Waals surface area contributed by atoms with Gasteiger partial charge in [-0.15, -0.1) is 0 Å². The Kier molecular flexibility index (Phi) is 7.01. The van der Waals surface area contributed by atoms with Crippen LogP contribution >= 0.6 is 0 Å². The van der Waals surface area contributed by atoms with Crippen LogP contribution in [-0.4, -0.2) is 39.8 Å². The molecular weight excluding hydrogens is 424 g/mol. The summed E-state index contributed by atoms with van der Waals surface area (Å²) in [6.07, 6.45) is 1.65. The molecule has 5 nitrogen and oxygen atoms in total. The molecule has 0 saturated carbocycles. The fraction of sp³-hybridized carbons (Fsp3) is 0.517. The Labute approximate surface area is 204 Å². The number of benzene rings is 2. The quantitative estimate of drug-likeness (QED) is 0.474. The Bertz CT molecular complexity index is 1030. The minimum atomic E-state index is -1.40. The first-order chi connectivity index (χ1) is 15.7. The van der Waals surface area contributed by atoms with E-state index in [0.717, 1.165) is 24.0 Å². The number of carbonyl (C=O) groups is 1. The Morgan fingerprint density at radius 1 is 1.06 bits per heavy atom. The van der Waals surface area contributed by atoms with Gasteiger partial charge in [-0.3, -0.25) is 10.2 Å². The number of nitrogens with zero attached hydrogens (tertiary/aromatic N) is 1. The summed E-state index contributed by atoms with van der Waals surface area (Å²) < 4.78 is 0. The lowest BCUT2D eigenvalue weighted by Crippen LogP contribution is -2.41. The third kappa shape index (κ3) is 4.76. The lowest BCUT2D eigenvalue weighted by molar-refractivity contribution is 0.0571. The van der Waals surface area contributed by atoms with Crippen LogP contribution in [0, 0.1) is 11.3 Å². The molecule has 0 aliphatic carbocycles. The van der Waals surface area contributed by atoms with Gasteiger partial charge in [-0.2, -0.15) is 0 Å². The number of carbonyl (C=O) groups excluding carboxylic acids is 1. The standard InChI is InChI=1S/C29H40N2O3/c1-8-12-21-17-31(26(30)29(21,34)20-13-10-9-11-14-20)18-24(32)19-15-22(27(2,3)4)25(33)23(16-19)28(5,6)7/h9-11,13-16,21,30,33-34H,8,12,17-18H2,1-7H3. The highest BCUT2D eigenvalue weighted by atomic mass is 16.3. The van der Waals surface area contributed by atoms with Crippen LogP contribution in [0.3, 0.4) is 0 Å². The third-order valence-corrected chi connectivity index (χ3v) is 6.94. The molecule has 0 bridgehead atoms. The van der Waals surface area contributed by atoms with Gasteiger partial charge in [0.2, 0.25) is 0 Å². The van der Waals surface area contributed by atoms with Crippen LogP contribution in [-0.2, 0) is 16.4 Å². The van der Waals surface area contributed by atoms with Crippen molar-refractivity contribution in [3.05, 3.63) is 64.7 Å². The molecule has 0 aromatic heterocycles. The molecule has 184 valence electrons. The summed E-state index contributed by atoms with van der Waals surface area (Å²) in [6, 6.07) is 12.9. The summed E-state index contributed by atoms with van der Waals surface area (Å²) in [7, 11) is 0. The second-order valence-corrected chi connectivity index (χ2v) is 11.7. The van der Waals surface area contributed by atoms with E-state index in [9.17, 15) is 15.0 Å². The molecule has 1 fully saturated rings. The number of ketones is 1. The van der Waals surface area contributed by atoms with E-state index in [2.05, 4.69) is 6.92 Å². The number of hydrogen-bond acceptors (Lipinski definition) is 4. The van der Waals surface area contributed by atoms with Gasteiger partial charge in [0.05, 0.1) is 6.54 Å². The van der Waals surface area contributed by atoms with Gasteiger partial charge >= 0.3 is 0 Å². The predicted octanol–water partition coefficient (Wildman–Crippen LogP) is 5.77.